The molecule has 13 aromatic rings. The van der Waals surface area contributed by atoms with Gasteiger partial charge >= 0.3 is 0 Å². The van der Waals surface area contributed by atoms with Crippen molar-refractivity contribution in [2.45, 2.75) is 0 Å². The predicted molar refractivity (Wildman–Crippen MR) is 258 cm³/mol. The summed E-state index contributed by atoms with van der Waals surface area (Å²) in [5, 5.41) is 9.28. The monoisotopic (exact) mass is 792 g/mol. The zero-order valence-electron chi connectivity index (χ0n) is 33.5. The van der Waals surface area contributed by atoms with Gasteiger partial charge < -0.3 is 18.3 Å². The van der Waals surface area contributed by atoms with Crippen LogP contribution in [-0.4, -0.2) is 4.57 Å². The van der Waals surface area contributed by atoms with Gasteiger partial charge in [-0.2, -0.15) is 0 Å². The van der Waals surface area contributed by atoms with Crippen LogP contribution < -0.4 is 4.90 Å². The first-order valence-electron chi connectivity index (χ1n) is 21.1. The fraction of sp³-hybridized carbons (Fsp3) is 0. The molecule has 4 heteroatoms. The number of para-hydroxylation sites is 4. The number of furan rings is 2. The first kappa shape index (κ1) is 34.5. The Hall–Kier alpha value is -8.34. The largest absolute Gasteiger partial charge is 0.455 e. The highest BCUT2D eigenvalue weighted by Gasteiger charge is 2.20. The van der Waals surface area contributed by atoms with Crippen molar-refractivity contribution in [1.82, 2.24) is 4.57 Å². The van der Waals surface area contributed by atoms with Gasteiger partial charge in [0.05, 0.1) is 11.0 Å². The van der Waals surface area contributed by atoms with Crippen LogP contribution in [0.1, 0.15) is 0 Å². The molecule has 0 unspecified atom stereocenters. The maximum Gasteiger partial charge on any atom is 0.143 e. The van der Waals surface area contributed by atoms with Crippen LogP contribution in [0.2, 0.25) is 0 Å². The Kier molecular flexibility index (Phi) is 7.57. The van der Waals surface area contributed by atoms with E-state index in [0.29, 0.717) is 0 Å². The molecule has 0 aliphatic carbocycles. The summed E-state index contributed by atoms with van der Waals surface area (Å²) in [5.74, 6) is 0. The highest BCUT2D eigenvalue weighted by molar-refractivity contribution is 6.19. The summed E-state index contributed by atoms with van der Waals surface area (Å²) in [7, 11) is 0. The molecule has 0 bridgehead atoms. The van der Waals surface area contributed by atoms with Crippen LogP contribution in [0.4, 0.5) is 17.1 Å². The van der Waals surface area contributed by atoms with Crippen molar-refractivity contribution >= 4 is 93.5 Å². The van der Waals surface area contributed by atoms with Crippen LogP contribution in [0.15, 0.2) is 227 Å². The van der Waals surface area contributed by atoms with E-state index < -0.39 is 0 Å². The van der Waals surface area contributed by atoms with Gasteiger partial charge in [0.15, 0.2) is 0 Å². The minimum Gasteiger partial charge on any atom is -0.455 e. The average Bonchev–Trinajstić information content (AvgIpc) is 4.02. The highest BCUT2D eigenvalue weighted by Crippen LogP contribution is 2.44. The van der Waals surface area contributed by atoms with E-state index >= 15 is 0 Å². The zero-order valence-corrected chi connectivity index (χ0v) is 33.5. The Labute approximate surface area is 356 Å². The van der Waals surface area contributed by atoms with Crippen LogP contribution >= 0.6 is 0 Å². The van der Waals surface area contributed by atoms with Crippen molar-refractivity contribution in [3.63, 3.8) is 0 Å². The Morgan fingerprint density at radius 2 is 0.935 bits per heavy atom. The molecule has 3 aromatic heterocycles. The average molecular weight is 793 g/mol. The molecule has 62 heavy (non-hydrogen) atoms. The number of benzene rings is 10. The lowest BCUT2D eigenvalue weighted by atomic mass is 9.97. The van der Waals surface area contributed by atoms with Gasteiger partial charge in [0.1, 0.15) is 22.3 Å². The Bertz CT molecular complexity index is 3810. The summed E-state index contributed by atoms with van der Waals surface area (Å²) in [6, 6.07) is 77.9. The Morgan fingerprint density at radius 1 is 0.339 bits per heavy atom. The summed E-state index contributed by atoms with van der Waals surface area (Å²) in [6.07, 6.45) is 0. The molecule has 0 saturated heterocycles. The normalized spacial score (nSPS) is 11.9. The quantitative estimate of drug-likeness (QED) is 0.168. The molecule has 0 aliphatic rings. The van der Waals surface area contributed by atoms with Gasteiger partial charge in [-0.3, -0.25) is 0 Å². The molecule has 3 heterocycles. The van der Waals surface area contributed by atoms with Crippen molar-refractivity contribution in [3.8, 4) is 27.9 Å². The number of nitrogens with zero attached hydrogens (tertiary/aromatic N) is 2. The summed E-state index contributed by atoms with van der Waals surface area (Å²) in [4.78, 5) is 2.35. The number of aromatic nitrogens is 1. The van der Waals surface area contributed by atoms with E-state index in [1.165, 1.54) is 27.2 Å². The number of hydrogen-bond donors (Lipinski definition) is 0. The van der Waals surface area contributed by atoms with E-state index in [4.69, 9.17) is 8.83 Å². The lowest BCUT2D eigenvalue weighted by Crippen LogP contribution is -2.10. The summed E-state index contributed by atoms with van der Waals surface area (Å²) in [5.41, 5.74) is 14.7. The highest BCUT2D eigenvalue weighted by atomic mass is 16.3. The third-order valence-electron chi connectivity index (χ3n) is 12.6. The minimum absolute atomic E-state index is 0.881. The van der Waals surface area contributed by atoms with E-state index in [1.54, 1.807) is 0 Å². The molecule has 4 nitrogen and oxygen atoms in total. The number of fused-ring (bicyclic) bond motifs is 11. The molecule has 0 aliphatic heterocycles. The fourth-order valence-corrected chi connectivity index (χ4v) is 9.77. The summed E-state index contributed by atoms with van der Waals surface area (Å²) < 4.78 is 15.4. The standard InChI is InChI=1S/C58H36N2O2/c1-2-15-45-37(12-1)28-35-51-56-44(19-11-25-55(56)62-58(45)51)39-13-9-14-43(36-39)59(40-29-26-38(27-30-40)46-20-10-21-50-49-18-5-8-24-54(49)61-57(46)50)41-31-33-42(34-32-41)60-52-22-6-3-16-47(52)48-17-4-7-23-53(48)60/h1-36H. The van der Waals surface area contributed by atoms with E-state index in [0.717, 1.165) is 94.3 Å². The Balaban J connectivity index is 0.963. The molecular formula is C58H36N2O2. The summed E-state index contributed by atoms with van der Waals surface area (Å²) in [6.45, 7) is 0. The van der Waals surface area contributed by atoms with Crippen LogP contribution in [-0.2, 0) is 0 Å². The molecular weight excluding hydrogens is 757 g/mol. The molecule has 290 valence electrons. The zero-order chi connectivity index (χ0) is 40.7. The molecule has 0 spiro atoms. The van der Waals surface area contributed by atoms with Crippen molar-refractivity contribution in [1.29, 1.82) is 0 Å². The molecule has 10 aromatic carbocycles. The van der Waals surface area contributed by atoms with E-state index in [1.807, 2.05) is 12.1 Å². The van der Waals surface area contributed by atoms with Crippen molar-refractivity contribution in [2.24, 2.45) is 0 Å². The van der Waals surface area contributed by atoms with Crippen molar-refractivity contribution in [3.05, 3.63) is 218 Å². The molecule has 13 rings (SSSR count). The van der Waals surface area contributed by atoms with E-state index in [-0.39, 0.29) is 0 Å². The van der Waals surface area contributed by atoms with Crippen LogP contribution in [0.5, 0.6) is 0 Å². The van der Waals surface area contributed by atoms with Crippen LogP contribution in [0.3, 0.4) is 0 Å². The van der Waals surface area contributed by atoms with Gasteiger partial charge in [0.25, 0.3) is 0 Å². The van der Waals surface area contributed by atoms with Gasteiger partial charge in [-0.15, -0.1) is 0 Å². The van der Waals surface area contributed by atoms with Gasteiger partial charge in [-0.25, -0.2) is 0 Å². The maximum absolute atomic E-state index is 6.61. The first-order chi connectivity index (χ1) is 30.7. The van der Waals surface area contributed by atoms with Crippen molar-refractivity contribution in [2.75, 3.05) is 4.90 Å². The van der Waals surface area contributed by atoms with Crippen LogP contribution in [0, 0.1) is 0 Å². The minimum atomic E-state index is 0.881. The third-order valence-corrected chi connectivity index (χ3v) is 12.6. The molecule has 0 amide bonds. The second kappa shape index (κ2) is 13.6. The van der Waals surface area contributed by atoms with Gasteiger partial charge in [-0.05, 0) is 101 Å². The molecule has 0 saturated carbocycles. The molecule has 0 fully saturated rings. The van der Waals surface area contributed by atoms with Gasteiger partial charge in [-0.1, -0.05) is 140 Å². The van der Waals surface area contributed by atoms with Crippen LogP contribution in [0.25, 0.3) is 104 Å². The first-order valence-corrected chi connectivity index (χ1v) is 21.1. The molecule has 0 atom stereocenters. The maximum atomic E-state index is 6.61. The third kappa shape index (κ3) is 5.27. The smallest absolute Gasteiger partial charge is 0.143 e. The summed E-state index contributed by atoms with van der Waals surface area (Å²) >= 11 is 0. The van der Waals surface area contributed by atoms with Gasteiger partial charge in [0, 0.05) is 66.0 Å². The number of hydrogen-bond acceptors (Lipinski definition) is 3. The second-order valence-electron chi connectivity index (χ2n) is 16.0. The van der Waals surface area contributed by atoms with E-state index in [2.05, 4.69) is 216 Å². The fourth-order valence-electron chi connectivity index (χ4n) is 9.77. The lowest BCUT2D eigenvalue weighted by Gasteiger charge is -2.26. The SMILES string of the molecule is c1cc(-c2cccc3oc4c5ccccc5ccc4c23)cc(N(c2ccc(-c3cccc4c3oc3ccccc34)cc2)c2ccc(-n3c4ccccc4c4ccccc43)cc2)c1. The lowest BCUT2D eigenvalue weighted by molar-refractivity contribution is 0.670. The Morgan fingerprint density at radius 3 is 1.73 bits per heavy atom. The van der Waals surface area contributed by atoms with Gasteiger partial charge in [0.2, 0.25) is 0 Å². The molecule has 0 N–H and O–H groups in total. The van der Waals surface area contributed by atoms with E-state index in [9.17, 15) is 0 Å². The number of rotatable bonds is 6. The topological polar surface area (TPSA) is 34.5 Å². The number of anilines is 3. The second-order valence-corrected chi connectivity index (χ2v) is 16.0. The molecule has 0 radical (unpaired) electrons. The predicted octanol–water partition coefficient (Wildman–Crippen LogP) is 16.5. The van der Waals surface area contributed by atoms with Crippen molar-refractivity contribution < 1.29 is 8.83 Å².